The summed E-state index contributed by atoms with van der Waals surface area (Å²) < 4.78 is 5.44. The van der Waals surface area contributed by atoms with E-state index in [0.717, 1.165) is 35.5 Å². The van der Waals surface area contributed by atoms with Crippen molar-refractivity contribution < 1.29 is 14.6 Å². The Balaban J connectivity index is 0.00000210. The summed E-state index contributed by atoms with van der Waals surface area (Å²) in [6.45, 7) is 2.93. The monoisotopic (exact) mass is 386 g/mol. The van der Waals surface area contributed by atoms with Crippen molar-refractivity contribution in [3.8, 4) is 0 Å². The van der Waals surface area contributed by atoms with E-state index in [1.165, 1.54) is 0 Å². The Morgan fingerprint density at radius 3 is 2.44 bits per heavy atom. The molecule has 1 aliphatic rings. The van der Waals surface area contributed by atoms with Gasteiger partial charge >= 0.3 is 5.97 Å². The van der Waals surface area contributed by atoms with Crippen molar-refractivity contribution in [2.75, 3.05) is 36.5 Å². The number of halogens is 1. The van der Waals surface area contributed by atoms with Crippen LogP contribution in [0.3, 0.4) is 0 Å². The molecular weight excluding hydrogens is 368 g/mol. The van der Waals surface area contributed by atoms with Crippen LogP contribution in [0.4, 0.5) is 17.5 Å². The molecule has 8 heteroatoms. The zero-order chi connectivity index (χ0) is 17.9. The molecule has 7 nitrogen and oxygen atoms in total. The maximum atomic E-state index is 11.0. The minimum Gasteiger partial charge on any atom is -0.478 e. The molecular formula is C19H19ClN4O3. The molecule has 0 radical (unpaired) electrons. The van der Waals surface area contributed by atoms with Gasteiger partial charge in [0.1, 0.15) is 5.82 Å². The lowest BCUT2D eigenvalue weighted by Crippen LogP contribution is -2.37. The van der Waals surface area contributed by atoms with Crippen LogP contribution in [0.5, 0.6) is 0 Å². The third-order valence-electron chi connectivity index (χ3n) is 4.28. The van der Waals surface area contributed by atoms with E-state index in [-0.39, 0.29) is 18.0 Å². The van der Waals surface area contributed by atoms with Crippen molar-refractivity contribution in [3.05, 3.63) is 54.1 Å². The SMILES string of the molecule is Cl.O=C(O)c1ccc(Nc2nc(N3CCOCC3)c3ccccc3n2)cc1. The Labute approximate surface area is 162 Å². The summed E-state index contributed by atoms with van der Waals surface area (Å²) in [5, 5.41) is 13.2. The summed E-state index contributed by atoms with van der Waals surface area (Å²) in [5.74, 6) is 0.407. The van der Waals surface area contributed by atoms with Crippen LogP contribution in [-0.2, 0) is 4.74 Å². The average molecular weight is 387 g/mol. The van der Waals surface area contributed by atoms with Crippen molar-refractivity contribution in [3.63, 3.8) is 0 Å². The first-order valence-corrected chi connectivity index (χ1v) is 8.40. The van der Waals surface area contributed by atoms with Crippen LogP contribution in [0.15, 0.2) is 48.5 Å². The second-order valence-corrected chi connectivity index (χ2v) is 5.99. The first-order valence-electron chi connectivity index (χ1n) is 8.40. The van der Waals surface area contributed by atoms with Crippen LogP contribution < -0.4 is 10.2 Å². The van der Waals surface area contributed by atoms with Gasteiger partial charge < -0.3 is 20.1 Å². The van der Waals surface area contributed by atoms with E-state index in [1.54, 1.807) is 24.3 Å². The highest BCUT2D eigenvalue weighted by Gasteiger charge is 2.17. The minimum absolute atomic E-state index is 0. The fraction of sp³-hybridized carbons (Fsp3) is 0.211. The van der Waals surface area contributed by atoms with E-state index in [1.807, 2.05) is 24.3 Å². The van der Waals surface area contributed by atoms with Gasteiger partial charge in [0.25, 0.3) is 0 Å². The predicted octanol–water partition coefficient (Wildman–Crippen LogP) is 3.33. The van der Waals surface area contributed by atoms with Gasteiger partial charge in [0.2, 0.25) is 5.95 Å². The molecule has 1 fully saturated rings. The Kier molecular flexibility index (Phi) is 5.73. The number of hydrogen-bond donors (Lipinski definition) is 2. The molecule has 1 saturated heterocycles. The third kappa shape index (κ3) is 4.10. The van der Waals surface area contributed by atoms with Crippen LogP contribution in [0, 0.1) is 0 Å². The maximum absolute atomic E-state index is 11.0. The number of nitrogens with zero attached hydrogens (tertiary/aromatic N) is 3. The molecule has 0 aliphatic carbocycles. The first kappa shape index (κ1) is 18.9. The van der Waals surface area contributed by atoms with Crippen LogP contribution >= 0.6 is 12.4 Å². The molecule has 3 aromatic rings. The number of fused-ring (bicyclic) bond motifs is 1. The number of rotatable bonds is 4. The molecule has 1 aromatic heterocycles. The van der Waals surface area contributed by atoms with Gasteiger partial charge in [0.05, 0.1) is 24.3 Å². The molecule has 0 unspecified atom stereocenters. The van der Waals surface area contributed by atoms with E-state index >= 15 is 0 Å². The van der Waals surface area contributed by atoms with Gasteiger partial charge in [-0.25, -0.2) is 9.78 Å². The van der Waals surface area contributed by atoms with E-state index in [2.05, 4.69) is 15.2 Å². The zero-order valence-electron chi connectivity index (χ0n) is 14.5. The summed E-state index contributed by atoms with van der Waals surface area (Å²) in [6, 6.07) is 14.4. The van der Waals surface area contributed by atoms with Gasteiger partial charge in [-0.3, -0.25) is 0 Å². The number of carboxylic acids is 1. The topological polar surface area (TPSA) is 87.6 Å². The fourth-order valence-electron chi connectivity index (χ4n) is 2.96. The van der Waals surface area contributed by atoms with E-state index in [0.29, 0.717) is 19.2 Å². The molecule has 0 bridgehead atoms. The molecule has 1 aliphatic heterocycles. The summed E-state index contributed by atoms with van der Waals surface area (Å²) in [5.41, 5.74) is 1.83. The molecule has 0 amide bonds. The summed E-state index contributed by atoms with van der Waals surface area (Å²) in [6.07, 6.45) is 0. The zero-order valence-corrected chi connectivity index (χ0v) is 15.3. The van der Waals surface area contributed by atoms with Gasteiger partial charge in [0, 0.05) is 24.2 Å². The fourth-order valence-corrected chi connectivity index (χ4v) is 2.96. The number of para-hydroxylation sites is 1. The summed E-state index contributed by atoms with van der Waals surface area (Å²) >= 11 is 0. The van der Waals surface area contributed by atoms with Gasteiger partial charge in [-0.2, -0.15) is 4.98 Å². The number of carboxylic acid groups (broad SMARTS) is 1. The number of carbonyl (C=O) groups is 1. The number of benzene rings is 2. The number of nitrogens with one attached hydrogen (secondary N) is 1. The molecule has 4 rings (SSSR count). The van der Waals surface area contributed by atoms with E-state index in [9.17, 15) is 4.79 Å². The Bertz CT molecular complexity index is 943. The smallest absolute Gasteiger partial charge is 0.335 e. The quantitative estimate of drug-likeness (QED) is 0.711. The number of aromatic nitrogens is 2. The summed E-state index contributed by atoms with van der Waals surface area (Å²) in [7, 11) is 0. The lowest BCUT2D eigenvalue weighted by Gasteiger charge is -2.29. The van der Waals surface area contributed by atoms with Gasteiger partial charge in [-0.05, 0) is 36.4 Å². The molecule has 2 N–H and O–H groups in total. The standard InChI is InChI=1S/C19H18N4O3.ClH/c24-18(25)13-5-7-14(8-6-13)20-19-21-16-4-2-1-3-15(16)17(22-19)23-9-11-26-12-10-23;/h1-8H,9-12H2,(H,24,25)(H,20,21,22);1H. The summed E-state index contributed by atoms with van der Waals surface area (Å²) in [4.78, 5) is 22.5. The van der Waals surface area contributed by atoms with Crippen LogP contribution in [0.25, 0.3) is 10.9 Å². The first-order chi connectivity index (χ1) is 12.7. The molecule has 0 atom stereocenters. The molecule has 0 saturated carbocycles. The van der Waals surface area contributed by atoms with Crippen LogP contribution in [0.1, 0.15) is 10.4 Å². The lowest BCUT2D eigenvalue weighted by atomic mass is 10.2. The average Bonchev–Trinajstić information content (AvgIpc) is 2.68. The molecule has 140 valence electrons. The van der Waals surface area contributed by atoms with Gasteiger partial charge in [-0.1, -0.05) is 12.1 Å². The number of aromatic carboxylic acids is 1. The molecule has 2 aromatic carbocycles. The van der Waals surface area contributed by atoms with Crippen molar-refractivity contribution in [2.24, 2.45) is 0 Å². The number of anilines is 3. The van der Waals surface area contributed by atoms with Gasteiger partial charge in [0.15, 0.2) is 0 Å². The molecule has 2 heterocycles. The predicted molar refractivity (Wildman–Crippen MR) is 107 cm³/mol. The molecule has 27 heavy (non-hydrogen) atoms. The van der Waals surface area contributed by atoms with Crippen LogP contribution in [0.2, 0.25) is 0 Å². The molecule has 0 spiro atoms. The second-order valence-electron chi connectivity index (χ2n) is 5.99. The Morgan fingerprint density at radius 2 is 1.74 bits per heavy atom. The largest absolute Gasteiger partial charge is 0.478 e. The number of hydrogen-bond acceptors (Lipinski definition) is 6. The highest BCUT2D eigenvalue weighted by Crippen LogP contribution is 2.27. The third-order valence-corrected chi connectivity index (χ3v) is 4.28. The van der Waals surface area contributed by atoms with Crippen molar-refractivity contribution >= 4 is 46.7 Å². The Morgan fingerprint density at radius 1 is 1.04 bits per heavy atom. The maximum Gasteiger partial charge on any atom is 0.335 e. The van der Waals surface area contributed by atoms with Crippen molar-refractivity contribution in [1.82, 2.24) is 9.97 Å². The normalized spacial score (nSPS) is 13.9. The van der Waals surface area contributed by atoms with E-state index in [4.69, 9.17) is 14.8 Å². The number of ether oxygens (including phenoxy) is 1. The highest BCUT2D eigenvalue weighted by molar-refractivity contribution is 5.91. The van der Waals surface area contributed by atoms with Gasteiger partial charge in [-0.15, -0.1) is 12.4 Å². The van der Waals surface area contributed by atoms with Crippen molar-refractivity contribution in [2.45, 2.75) is 0 Å². The minimum atomic E-state index is -0.951. The number of morpholine rings is 1. The highest BCUT2D eigenvalue weighted by atomic mass is 35.5. The van der Waals surface area contributed by atoms with E-state index < -0.39 is 5.97 Å². The Hall–Kier alpha value is -2.90. The van der Waals surface area contributed by atoms with Crippen LogP contribution in [-0.4, -0.2) is 47.3 Å². The lowest BCUT2D eigenvalue weighted by molar-refractivity contribution is 0.0697. The second kappa shape index (κ2) is 8.20. The van der Waals surface area contributed by atoms with Crippen molar-refractivity contribution in [1.29, 1.82) is 0 Å².